The van der Waals surface area contributed by atoms with Gasteiger partial charge in [0.15, 0.2) is 5.69 Å². The van der Waals surface area contributed by atoms with E-state index in [9.17, 15) is 22.8 Å². The Kier molecular flexibility index (Phi) is 6.02. The van der Waals surface area contributed by atoms with Crippen LogP contribution in [0.15, 0.2) is 6.08 Å². The van der Waals surface area contributed by atoms with E-state index < -0.39 is 17.8 Å². The number of piperazine rings is 1. The van der Waals surface area contributed by atoms with Crippen molar-refractivity contribution in [2.24, 2.45) is 0 Å². The molecule has 160 valence electrons. The lowest BCUT2D eigenvalue weighted by Gasteiger charge is -2.34. The Morgan fingerprint density at radius 3 is 2.41 bits per heavy atom. The molecule has 0 atom stereocenters. The third-order valence-corrected chi connectivity index (χ3v) is 5.39. The van der Waals surface area contributed by atoms with Crippen molar-refractivity contribution in [3.05, 3.63) is 23.0 Å². The van der Waals surface area contributed by atoms with Gasteiger partial charge in [-0.3, -0.25) is 9.59 Å². The van der Waals surface area contributed by atoms with Gasteiger partial charge in [-0.1, -0.05) is 13.0 Å². The minimum atomic E-state index is -4.64. The predicted octanol–water partition coefficient (Wildman–Crippen LogP) is 1.95. The van der Waals surface area contributed by atoms with Crippen LogP contribution >= 0.6 is 0 Å². The van der Waals surface area contributed by atoms with E-state index in [0.717, 1.165) is 17.8 Å². The highest BCUT2D eigenvalue weighted by atomic mass is 19.4. The molecule has 0 aliphatic carbocycles. The van der Waals surface area contributed by atoms with Crippen LogP contribution in [0.5, 0.6) is 0 Å². The van der Waals surface area contributed by atoms with Crippen LogP contribution < -0.4 is 0 Å². The lowest BCUT2D eigenvalue weighted by molar-refractivity contribution is -0.142. The van der Waals surface area contributed by atoms with Crippen molar-refractivity contribution in [1.82, 2.24) is 24.5 Å². The Labute approximate surface area is 167 Å². The number of aromatic nitrogens is 2. The van der Waals surface area contributed by atoms with E-state index in [1.54, 1.807) is 17.9 Å². The number of amides is 2. The van der Waals surface area contributed by atoms with Crippen molar-refractivity contribution >= 4 is 17.5 Å². The molecule has 1 saturated heterocycles. The number of carbonyl (C=O) groups is 2. The number of hydrogen-bond donors (Lipinski definition) is 0. The quantitative estimate of drug-likeness (QED) is 0.757. The molecule has 1 fully saturated rings. The fourth-order valence-corrected chi connectivity index (χ4v) is 3.74. The highest BCUT2D eigenvalue weighted by Gasteiger charge is 2.43. The molecule has 0 saturated carbocycles. The number of likely N-dealkylation sites (N-methyl/N-ethyl adjacent to an activating group) is 1. The minimum Gasteiger partial charge on any atom is -0.339 e. The highest BCUT2D eigenvalue weighted by molar-refractivity contribution is 5.98. The Morgan fingerprint density at radius 1 is 1.17 bits per heavy atom. The fraction of sp³-hybridized carbons (Fsp3) is 0.632. The van der Waals surface area contributed by atoms with Gasteiger partial charge in [-0.2, -0.15) is 18.3 Å². The average molecular weight is 413 g/mol. The maximum absolute atomic E-state index is 13.5. The summed E-state index contributed by atoms with van der Waals surface area (Å²) in [5, 5.41) is 3.72. The second kappa shape index (κ2) is 8.17. The third-order valence-electron chi connectivity index (χ3n) is 5.39. The molecule has 2 amide bonds. The number of carbonyl (C=O) groups excluding carboxylic acids is 2. The number of allylic oxidation sites excluding steroid dienone is 2. The first-order valence-electron chi connectivity index (χ1n) is 9.75. The average Bonchev–Trinajstić information content (AvgIpc) is 3.05. The lowest BCUT2D eigenvalue weighted by Crippen LogP contribution is -2.51. The van der Waals surface area contributed by atoms with Gasteiger partial charge in [0.25, 0.3) is 5.91 Å². The third kappa shape index (κ3) is 4.31. The summed E-state index contributed by atoms with van der Waals surface area (Å²) in [4.78, 5) is 30.8. The van der Waals surface area contributed by atoms with Gasteiger partial charge in [-0.25, -0.2) is 4.68 Å². The van der Waals surface area contributed by atoms with Crippen molar-refractivity contribution < 1.29 is 22.8 Å². The van der Waals surface area contributed by atoms with Gasteiger partial charge in [0.05, 0.1) is 0 Å². The van der Waals surface area contributed by atoms with Crippen LogP contribution in [0.25, 0.3) is 5.70 Å². The monoisotopic (exact) mass is 413 g/mol. The molecular weight excluding hydrogens is 387 g/mol. The molecule has 0 aromatic carbocycles. The van der Waals surface area contributed by atoms with Crippen molar-refractivity contribution in [3.63, 3.8) is 0 Å². The predicted molar refractivity (Wildman–Crippen MR) is 101 cm³/mol. The zero-order valence-corrected chi connectivity index (χ0v) is 16.9. The smallest absolute Gasteiger partial charge is 0.339 e. The van der Waals surface area contributed by atoms with E-state index >= 15 is 0 Å². The molecule has 1 aromatic heterocycles. The Hall–Kier alpha value is -2.36. The van der Waals surface area contributed by atoms with Crippen molar-refractivity contribution in [3.8, 4) is 0 Å². The first-order valence-corrected chi connectivity index (χ1v) is 9.75. The van der Waals surface area contributed by atoms with Crippen molar-refractivity contribution in [2.75, 3.05) is 46.3 Å². The second-order valence-electron chi connectivity index (χ2n) is 7.50. The van der Waals surface area contributed by atoms with Crippen LogP contribution in [0.3, 0.4) is 0 Å². The molecule has 0 radical (unpaired) electrons. The molecule has 1 aromatic rings. The van der Waals surface area contributed by atoms with E-state index in [1.165, 1.54) is 4.90 Å². The molecule has 2 aliphatic heterocycles. The van der Waals surface area contributed by atoms with Crippen LogP contribution in [0.1, 0.15) is 42.0 Å². The largest absolute Gasteiger partial charge is 0.435 e. The number of halogens is 3. The second-order valence-corrected chi connectivity index (χ2v) is 7.50. The topological polar surface area (TPSA) is 61.7 Å². The van der Waals surface area contributed by atoms with Crippen molar-refractivity contribution in [2.45, 2.75) is 32.9 Å². The standard InChI is InChI=1S/C19H26F3N5O2/c1-4-5-13(2)27-16-14(17(23-27)19(20,21)22)6-7-26(18(16)29)12-15(28)25-10-8-24(3)9-11-25/h5H,4,6-12H2,1-3H3/b13-5+. The Bertz CT molecular complexity index is 823. The molecule has 3 rings (SSSR count). The first kappa shape index (κ1) is 21.4. The molecule has 2 aliphatic rings. The van der Waals surface area contributed by atoms with Crippen LogP contribution in [0.2, 0.25) is 0 Å². The molecule has 10 heteroatoms. The van der Waals surface area contributed by atoms with E-state index in [4.69, 9.17) is 0 Å². The summed E-state index contributed by atoms with van der Waals surface area (Å²) >= 11 is 0. The van der Waals surface area contributed by atoms with Gasteiger partial charge >= 0.3 is 6.18 Å². The van der Waals surface area contributed by atoms with E-state index in [0.29, 0.717) is 25.2 Å². The molecule has 29 heavy (non-hydrogen) atoms. The zero-order chi connectivity index (χ0) is 21.3. The highest BCUT2D eigenvalue weighted by Crippen LogP contribution is 2.36. The van der Waals surface area contributed by atoms with E-state index in [-0.39, 0.29) is 36.7 Å². The van der Waals surface area contributed by atoms with Gasteiger partial charge in [0.2, 0.25) is 5.91 Å². The van der Waals surface area contributed by atoms with Crippen LogP contribution in [0.4, 0.5) is 13.2 Å². The number of alkyl halides is 3. The maximum atomic E-state index is 13.5. The maximum Gasteiger partial charge on any atom is 0.435 e. The summed E-state index contributed by atoms with van der Waals surface area (Å²) in [7, 11) is 1.98. The van der Waals surface area contributed by atoms with Crippen molar-refractivity contribution in [1.29, 1.82) is 0 Å². The Balaban J connectivity index is 1.87. The first-order chi connectivity index (χ1) is 13.6. The van der Waals surface area contributed by atoms with Gasteiger partial charge in [-0.15, -0.1) is 0 Å². The normalized spacial score (nSPS) is 19.0. The van der Waals surface area contributed by atoms with E-state index in [1.807, 2.05) is 14.0 Å². The van der Waals surface area contributed by atoms with Gasteiger partial charge in [0, 0.05) is 44.0 Å². The summed E-state index contributed by atoms with van der Waals surface area (Å²) in [5.41, 5.74) is -0.735. The molecule has 0 bridgehead atoms. The molecule has 0 N–H and O–H groups in total. The van der Waals surface area contributed by atoms with Crippen LogP contribution in [-0.2, 0) is 17.4 Å². The number of nitrogens with zero attached hydrogens (tertiary/aromatic N) is 5. The summed E-state index contributed by atoms with van der Waals surface area (Å²) in [5.74, 6) is -0.765. The molecule has 0 spiro atoms. The number of fused-ring (bicyclic) bond motifs is 1. The zero-order valence-electron chi connectivity index (χ0n) is 16.9. The summed E-state index contributed by atoms with van der Waals surface area (Å²) in [6.45, 7) is 6.08. The molecule has 3 heterocycles. The van der Waals surface area contributed by atoms with Gasteiger partial charge < -0.3 is 14.7 Å². The summed E-state index contributed by atoms with van der Waals surface area (Å²) in [6.07, 6.45) is -2.30. The van der Waals surface area contributed by atoms with Gasteiger partial charge in [-0.05, 0) is 26.8 Å². The molecule has 7 nitrogen and oxygen atoms in total. The van der Waals surface area contributed by atoms with Crippen LogP contribution in [-0.4, -0.2) is 82.6 Å². The van der Waals surface area contributed by atoms with E-state index in [2.05, 4.69) is 10.00 Å². The van der Waals surface area contributed by atoms with Gasteiger partial charge in [0.1, 0.15) is 12.2 Å². The number of rotatable bonds is 4. The summed E-state index contributed by atoms with van der Waals surface area (Å²) in [6, 6.07) is 0. The molecule has 0 unspecified atom stereocenters. The summed E-state index contributed by atoms with van der Waals surface area (Å²) < 4.78 is 41.5. The van der Waals surface area contributed by atoms with Crippen LogP contribution in [0, 0.1) is 0 Å². The fourth-order valence-electron chi connectivity index (χ4n) is 3.74. The number of hydrogen-bond acceptors (Lipinski definition) is 4. The SMILES string of the molecule is CC/C=C(\C)n1nc(C(F)(F)F)c2c1C(=O)N(CC(=O)N1CCN(C)CC1)CC2. The molecular formula is C19H26F3N5O2. The lowest BCUT2D eigenvalue weighted by atomic mass is 10.0. The Morgan fingerprint density at radius 2 is 1.83 bits per heavy atom. The minimum absolute atomic E-state index is 0.0192.